The molecule has 2 heterocycles. The monoisotopic (exact) mass is 562 g/mol. The summed E-state index contributed by atoms with van der Waals surface area (Å²) >= 11 is 6.62. The van der Waals surface area contributed by atoms with Gasteiger partial charge in [0.2, 0.25) is 0 Å². The minimum Gasteiger partial charge on any atom is -0.369 e. The van der Waals surface area contributed by atoms with E-state index in [2.05, 4.69) is 58.4 Å². The molecule has 0 unspecified atom stereocenters. The number of nitrogens with one attached hydrogen (secondary N) is 2. The van der Waals surface area contributed by atoms with Gasteiger partial charge in [0.25, 0.3) is 0 Å². The van der Waals surface area contributed by atoms with Gasteiger partial charge >= 0.3 is 0 Å². The second kappa shape index (κ2) is 13.7. The molecule has 0 aliphatic carbocycles. The predicted octanol–water partition coefficient (Wildman–Crippen LogP) is 3.64. The molecule has 0 aromatic heterocycles. The average molecular weight is 563 g/mol. The highest BCUT2D eigenvalue weighted by Crippen LogP contribution is 2.29. The molecule has 0 amide bonds. The Labute approximate surface area is 210 Å². The van der Waals surface area contributed by atoms with Crippen LogP contribution in [0.25, 0.3) is 0 Å². The zero-order valence-corrected chi connectivity index (χ0v) is 22.5. The summed E-state index contributed by atoms with van der Waals surface area (Å²) < 4.78 is 0. The second-order valence-corrected chi connectivity index (χ2v) is 8.89. The number of anilines is 1. The van der Waals surface area contributed by atoms with Gasteiger partial charge in [0.05, 0.1) is 6.54 Å². The number of benzene rings is 1. The topological polar surface area (TPSA) is 46.1 Å². The number of hydrogen-bond donors (Lipinski definition) is 2. The van der Waals surface area contributed by atoms with Gasteiger partial charge in [0, 0.05) is 68.1 Å². The number of piperazine rings is 1. The first-order valence-electron chi connectivity index (χ1n) is 11.6. The first-order chi connectivity index (χ1) is 14.6. The molecule has 2 N–H and O–H groups in total. The molecule has 8 heteroatoms. The highest BCUT2D eigenvalue weighted by molar-refractivity contribution is 14.0. The normalized spacial score (nSPS) is 19.2. The van der Waals surface area contributed by atoms with Gasteiger partial charge in [-0.2, -0.15) is 0 Å². The van der Waals surface area contributed by atoms with E-state index in [0.717, 1.165) is 49.3 Å². The van der Waals surface area contributed by atoms with Gasteiger partial charge in [0.15, 0.2) is 5.96 Å². The van der Waals surface area contributed by atoms with E-state index in [1.165, 1.54) is 44.6 Å². The van der Waals surface area contributed by atoms with Crippen molar-refractivity contribution in [3.63, 3.8) is 0 Å². The Morgan fingerprint density at radius 1 is 1.10 bits per heavy atom. The molecular formula is C23H40ClIN6. The fraction of sp³-hybridized carbons (Fsp3) is 0.696. The van der Waals surface area contributed by atoms with Gasteiger partial charge in [-0.25, -0.2) is 4.99 Å². The van der Waals surface area contributed by atoms with Crippen LogP contribution in [0.15, 0.2) is 23.2 Å². The lowest BCUT2D eigenvalue weighted by Crippen LogP contribution is -2.48. The summed E-state index contributed by atoms with van der Waals surface area (Å²) in [6.45, 7) is 13.6. The van der Waals surface area contributed by atoms with Gasteiger partial charge in [-0.15, -0.1) is 24.0 Å². The lowest BCUT2D eigenvalue weighted by molar-refractivity contribution is 0.206. The van der Waals surface area contributed by atoms with Crippen molar-refractivity contribution in [2.75, 3.05) is 64.3 Å². The lowest BCUT2D eigenvalue weighted by Gasteiger charge is -2.35. The molecule has 176 valence electrons. The van der Waals surface area contributed by atoms with Gasteiger partial charge in [-0.1, -0.05) is 24.6 Å². The van der Waals surface area contributed by atoms with E-state index in [9.17, 15) is 0 Å². The zero-order chi connectivity index (χ0) is 21.3. The van der Waals surface area contributed by atoms with E-state index in [0.29, 0.717) is 12.6 Å². The van der Waals surface area contributed by atoms with Crippen molar-refractivity contribution in [1.82, 2.24) is 20.4 Å². The van der Waals surface area contributed by atoms with Crippen LogP contribution in [0.5, 0.6) is 0 Å². The first kappa shape index (κ1) is 26.5. The van der Waals surface area contributed by atoms with Crippen LogP contribution in [0.2, 0.25) is 5.02 Å². The maximum Gasteiger partial charge on any atom is 0.191 e. The number of piperidine rings is 1. The maximum absolute atomic E-state index is 6.62. The molecule has 2 saturated heterocycles. The Morgan fingerprint density at radius 2 is 1.81 bits per heavy atom. The lowest BCUT2D eigenvalue weighted by atomic mass is 10.1. The van der Waals surface area contributed by atoms with E-state index < -0.39 is 0 Å². The standard InChI is InChI=1S/C23H39ClN6.HI/c1-4-11-29-12-9-19(10-13-29)27-23(25-5-2)26-18-20-21(24)7-6-8-22(20)30-16-14-28(3)15-17-30;/h6-8,19H,4-5,9-18H2,1-3H3,(H2,25,26,27);1H. The van der Waals surface area contributed by atoms with Crippen molar-refractivity contribution in [2.24, 2.45) is 4.99 Å². The fourth-order valence-corrected chi connectivity index (χ4v) is 4.57. The van der Waals surface area contributed by atoms with Crippen molar-refractivity contribution in [3.05, 3.63) is 28.8 Å². The molecule has 2 aliphatic rings. The van der Waals surface area contributed by atoms with E-state index in [4.69, 9.17) is 16.6 Å². The number of guanidine groups is 1. The molecule has 1 aromatic rings. The van der Waals surface area contributed by atoms with E-state index in [1.54, 1.807) is 0 Å². The van der Waals surface area contributed by atoms with Crippen LogP contribution < -0.4 is 15.5 Å². The van der Waals surface area contributed by atoms with E-state index in [1.807, 2.05) is 6.07 Å². The number of halogens is 2. The number of nitrogens with zero attached hydrogens (tertiary/aromatic N) is 4. The minimum absolute atomic E-state index is 0. The van der Waals surface area contributed by atoms with Crippen LogP contribution in [0.4, 0.5) is 5.69 Å². The summed E-state index contributed by atoms with van der Waals surface area (Å²) in [4.78, 5) is 12.3. The largest absolute Gasteiger partial charge is 0.369 e. The Morgan fingerprint density at radius 3 is 2.45 bits per heavy atom. The summed E-state index contributed by atoms with van der Waals surface area (Å²) in [6, 6.07) is 6.71. The fourth-order valence-electron chi connectivity index (χ4n) is 4.34. The Hall–Kier alpha value is -0.770. The van der Waals surface area contributed by atoms with Crippen LogP contribution in [0.3, 0.4) is 0 Å². The molecule has 0 saturated carbocycles. The van der Waals surface area contributed by atoms with Crippen LogP contribution in [0.1, 0.15) is 38.7 Å². The zero-order valence-electron chi connectivity index (χ0n) is 19.4. The van der Waals surface area contributed by atoms with Gasteiger partial charge in [-0.05, 0) is 51.9 Å². The predicted molar refractivity (Wildman–Crippen MR) is 144 cm³/mol. The van der Waals surface area contributed by atoms with Crippen LogP contribution in [-0.4, -0.2) is 81.2 Å². The quantitative estimate of drug-likeness (QED) is 0.302. The highest BCUT2D eigenvalue weighted by atomic mass is 127. The Kier molecular flexibility index (Phi) is 11.7. The summed E-state index contributed by atoms with van der Waals surface area (Å²) in [5, 5.41) is 7.89. The van der Waals surface area contributed by atoms with E-state index in [-0.39, 0.29) is 24.0 Å². The van der Waals surface area contributed by atoms with Gasteiger partial charge in [-0.3, -0.25) is 0 Å². The van der Waals surface area contributed by atoms with Crippen LogP contribution >= 0.6 is 35.6 Å². The van der Waals surface area contributed by atoms with Crippen LogP contribution in [0, 0.1) is 0 Å². The molecule has 0 radical (unpaired) electrons. The third-order valence-electron chi connectivity index (χ3n) is 6.15. The highest BCUT2D eigenvalue weighted by Gasteiger charge is 2.20. The SMILES string of the molecule is CCCN1CCC(NC(=NCc2c(Cl)cccc2N2CCN(C)CC2)NCC)CC1.I. The molecule has 0 atom stereocenters. The van der Waals surface area contributed by atoms with Crippen LogP contribution in [-0.2, 0) is 6.54 Å². The summed E-state index contributed by atoms with van der Waals surface area (Å²) in [5.41, 5.74) is 2.35. The summed E-state index contributed by atoms with van der Waals surface area (Å²) in [7, 11) is 2.18. The molecule has 2 fully saturated rings. The number of likely N-dealkylation sites (tertiary alicyclic amines) is 1. The molecule has 3 rings (SSSR count). The van der Waals surface area contributed by atoms with Crippen molar-refractivity contribution in [2.45, 2.75) is 45.7 Å². The first-order valence-corrected chi connectivity index (χ1v) is 12.0. The molecule has 2 aliphatic heterocycles. The molecular weight excluding hydrogens is 523 g/mol. The van der Waals surface area contributed by atoms with E-state index >= 15 is 0 Å². The number of likely N-dealkylation sites (N-methyl/N-ethyl adjacent to an activating group) is 1. The average Bonchev–Trinajstić information content (AvgIpc) is 2.75. The smallest absolute Gasteiger partial charge is 0.191 e. The molecule has 0 spiro atoms. The Balaban J connectivity index is 0.00000341. The minimum atomic E-state index is 0. The second-order valence-electron chi connectivity index (χ2n) is 8.48. The molecule has 1 aromatic carbocycles. The van der Waals surface area contributed by atoms with Gasteiger partial charge < -0.3 is 25.3 Å². The number of hydrogen-bond acceptors (Lipinski definition) is 4. The molecule has 0 bridgehead atoms. The van der Waals surface area contributed by atoms with Gasteiger partial charge in [0.1, 0.15) is 0 Å². The summed E-state index contributed by atoms with van der Waals surface area (Å²) in [5.74, 6) is 0.899. The molecule has 6 nitrogen and oxygen atoms in total. The van der Waals surface area contributed by atoms with Crippen molar-refractivity contribution in [1.29, 1.82) is 0 Å². The number of rotatable bonds is 7. The maximum atomic E-state index is 6.62. The van der Waals surface area contributed by atoms with Crippen molar-refractivity contribution < 1.29 is 0 Å². The summed E-state index contributed by atoms with van der Waals surface area (Å²) in [6.07, 6.45) is 3.57. The Bertz CT molecular complexity index is 685. The third kappa shape index (κ3) is 7.94. The third-order valence-corrected chi connectivity index (χ3v) is 6.50. The molecule has 31 heavy (non-hydrogen) atoms. The van der Waals surface area contributed by atoms with Crippen molar-refractivity contribution in [3.8, 4) is 0 Å². The van der Waals surface area contributed by atoms with Crippen molar-refractivity contribution >= 4 is 47.2 Å². The number of aliphatic imine (C=N–C) groups is 1.